The summed E-state index contributed by atoms with van der Waals surface area (Å²) in [6.45, 7) is 4.07. The van der Waals surface area contributed by atoms with Gasteiger partial charge in [0.1, 0.15) is 0 Å². The Bertz CT molecular complexity index is 448. The molecule has 0 aromatic rings. The molecule has 2 atom stereocenters. The van der Waals surface area contributed by atoms with Crippen molar-refractivity contribution < 1.29 is 9.59 Å². The van der Waals surface area contributed by atoms with E-state index in [0.29, 0.717) is 12.5 Å². The van der Waals surface area contributed by atoms with Gasteiger partial charge in [-0.05, 0) is 38.1 Å². The maximum atomic E-state index is 12.9. The fourth-order valence-corrected chi connectivity index (χ4v) is 4.54. The summed E-state index contributed by atoms with van der Waals surface area (Å²) in [5.41, 5.74) is -0.155. The van der Waals surface area contributed by atoms with Crippen LogP contribution in [0.25, 0.3) is 0 Å². The van der Waals surface area contributed by atoms with Gasteiger partial charge in [-0.25, -0.2) is 0 Å². The SMILES string of the molecule is CNC(=O)CN1CCC(NC(=O)[C@@]23CCCC[C@H]2CNC3)CC1. The monoisotopic (exact) mass is 322 g/mol. The maximum Gasteiger partial charge on any atom is 0.233 e. The maximum absolute atomic E-state index is 12.9. The van der Waals surface area contributed by atoms with Crippen LogP contribution >= 0.6 is 0 Å². The van der Waals surface area contributed by atoms with E-state index in [0.717, 1.165) is 45.4 Å². The van der Waals surface area contributed by atoms with Crippen molar-refractivity contribution in [3.05, 3.63) is 0 Å². The van der Waals surface area contributed by atoms with E-state index in [2.05, 4.69) is 20.9 Å². The molecule has 6 heteroatoms. The third kappa shape index (κ3) is 3.53. The van der Waals surface area contributed by atoms with Crippen LogP contribution < -0.4 is 16.0 Å². The average molecular weight is 322 g/mol. The third-order valence-electron chi connectivity index (χ3n) is 6.06. The van der Waals surface area contributed by atoms with E-state index in [1.807, 2.05) is 0 Å². The minimum atomic E-state index is -0.155. The average Bonchev–Trinajstić information content (AvgIpc) is 3.01. The van der Waals surface area contributed by atoms with Gasteiger partial charge in [0.25, 0.3) is 0 Å². The molecule has 0 radical (unpaired) electrons. The number of likely N-dealkylation sites (N-methyl/N-ethyl adjacent to an activating group) is 1. The van der Waals surface area contributed by atoms with Crippen molar-refractivity contribution >= 4 is 11.8 Å². The van der Waals surface area contributed by atoms with E-state index in [1.54, 1.807) is 7.05 Å². The number of amides is 2. The number of rotatable bonds is 4. The van der Waals surface area contributed by atoms with Gasteiger partial charge in [0.2, 0.25) is 11.8 Å². The van der Waals surface area contributed by atoms with E-state index in [4.69, 9.17) is 0 Å². The second-order valence-corrected chi connectivity index (χ2v) is 7.43. The number of carbonyl (C=O) groups is 2. The van der Waals surface area contributed by atoms with Gasteiger partial charge in [-0.15, -0.1) is 0 Å². The predicted molar refractivity (Wildman–Crippen MR) is 88.9 cm³/mol. The molecule has 0 aromatic carbocycles. The molecule has 2 heterocycles. The van der Waals surface area contributed by atoms with Crippen molar-refractivity contribution in [1.29, 1.82) is 0 Å². The highest BCUT2D eigenvalue weighted by Crippen LogP contribution is 2.44. The summed E-state index contributed by atoms with van der Waals surface area (Å²) in [5.74, 6) is 0.856. The molecule has 3 aliphatic rings. The van der Waals surface area contributed by atoms with Crippen LogP contribution in [0.4, 0.5) is 0 Å². The van der Waals surface area contributed by atoms with E-state index in [-0.39, 0.29) is 23.3 Å². The molecular formula is C17H30N4O2. The Balaban J connectivity index is 1.50. The van der Waals surface area contributed by atoms with Gasteiger partial charge in [0, 0.05) is 32.7 Å². The number of hydrogen-bond acceptors (Lipinski definition) is 4. The first-order valence-corrected chi connectivity index (χ1v) is 9.09. The molecule has 130 valence electrons. The van der Waals surface area contributed by atoms with Crippen LogP contribution in [0.15, 0.2) is 0 Å². The third-order valence-corrected chi connectivity index (χ3v) is 6.06. The number of nitrogens with zero attached hydrogens (tertiary/aromatic N) is 1. The number of nitrogens with one attached hydrogen (secondary N) is 3. The van der Waals surface area contributed by atoms with Crippen LogP contribution in [0.3, 0.4) is 0 Å². The first-order chi connectivity index (χ1) is 11.1. The summed E-state index contributed by atoms with van der Waals surface area (Å²) in [6.07, 6.45) is 6.54. The Hall–Kier alpha value is -1.14. The van der Waals surface area contributed by atoms with Gasteiger partial charge < -0.3 is 16.0 Å². The number of piperidine rings is 1. The molecule has 0 aromatic heterocycles. The van der Waals surface area contributed by atoms with Gasteiger partial charge in [0.15, 0.2) is 0 Å². The summed E-state index contributed by atoms with van der Waals surface area (Å²) >= 11 is 0. The Morgan fingerprint density at radius 1 is 1.22 bits per heavy atom. The highest BCUT2D eigenvalue weighted by molar-refractivity contribution is 5.84. The minimum Gasteiger partial charge on any atom is -0.358 e. The Labute approximate surface area is 138 Å². The summed E-state index contributed by atoms with van der Waals surface area (Å²) in [5, 5.41) is 9.44. The Morgan fingerprint density at radius 2 is 2.00 bits per heavy atom. The normalized spacial score (nSPS) is 32.3. The lowest BCUT2D eigenvalue weighted by atomic mass is 9.67. The van der Waals surface area contributed by atoms with Crippen LogP contribution in [0, 0.1) is 11.3 Å². The van der Waals surface area contributed by atoms with E-state index >= 15 is 0 Å². The van der Waals surface area contributed by atoms with Gasteiger partial charge in [-0.2, -0.15) is 0 Å². The number of likely N-dealkylation sites (tertiary alicyclic amines) is 1. The number of hydrogen-bond donors (Lipinski definition) is 3. The first kappa shape index (κ1) is 16.7. The molecule has 23 heavy (non-hydrogen) atoms. The minimum absolute atomic E-state index is 0.0634. The highest BCUT2D eigenvalue weighted by atomic mass is 16.2. The lowest BCUT2D eigenvalue weighted by molar-refractivity contribution is -0.135. The van der Waals surface area contributed by atoms with Crippen molar-refractivity contribution in [3.63, 3.8) is 0 Å². The molecule has 3 rings (SSSR count). The second kappa shape index (κ2) is 7.18. The fraction of sp³-hybridized carbons (Fsp3) is 0.882. The smallest absolute Gasteiger partial charge is 0.233 e. The largest absolute Gasteiger partial charge is 0.358 e. The van der Waals surface area contributed by atoms with E-state index in [1.165, 1.54) is 19.3 Å². The molecule has 0 spiro atoms. The van der Waals surface area contributed by atoms with Gasteiger partial charge in [-0.3, -0.25) is 14.5 Å². The molecule has 3 N–H and O–H groups in total. The molecule has 3 fully saturated rings. The van der Waals surface area contributed by atoms with E-state index < -0.39 is 0 Å². The molecular weight excluding hydrogens is 292 g/mol. The van der Waals surface area contributed by atoms with Gasteiger partial charge in [0.05, 0.1) is 12.0 Å². The van der Waals surface area contributed by atoms with Crippen LogP contribution in [0.1, 0.15) is 38.5 Å². The predicted octanol–water partition coefficient (Wildman–Crippen LogP) is 0.0928. The quantitative estimate of drug-likeness (QED) is 0.686. The molecule has 0 unspecified atom stereocenters. The first-order valence-electron chi connectivity index (χ1n) is 9.09. The lowest BCUT2D eigenvalue weighted by Gasteiger charge is -2.39. The summed E-state index contributed by atoms with van der Waals surface area (Å²) in [6, 6.07) is 0.265. The van der Waals surface area contributed by atoms with Crippen molar-refractivity contribution in [2.24, 2.45) is 11.3 Å². The molecule has 2 amide bonds. The van der Waals surface area contributed by atoms with Crippen LogP contribution in [-0.2, 0) is 9.59 Å². The molecule has 6 nitrogen and oxygen atoms in total. The fourth-order valence-electron chi connectivity index (χ4n) is 4.54. The zero-order chi connectivity index (χ0) is 16.3. The van der Waals surface area contributed by atoms with Crippen molar-refractivity contribution in [1.82, 2.24) is 20.9 Å². The molecule has 2 saturated heterocycles. The number of carbonyl (C=O) groups excluding carboxylic acids is 2. The second-order valence-electron chi connectivity index (χ2n) is 7.43. The van der Waals surface area contributed by atoms with E-state index in [9.17, 15) is 9.59 Å². The highest BCUT2D eigenvalue weighted by Gasteiger charge is 2.50. The van der Waals surface area contributed by atoms with Gasteiger partial charge in [-0.1, -0.05) is 12.8 Å². The van der Waals surface area contributed by atoms with Crippen molar-refractivity contribution in [3.8, 4) is 0 Å². The molecule has 0 bridgehead atoms. The molecule has 1 aliphatic carbocycles. The Kier molecular flexibility index (Phi) is 5.21. The zero-order valence-electron chi connectivity index (χ0n) is 14.2. The number of fused-ring (bicyclic) bond motifs is 1. The van der Waals surface area contributed by atoms with Gasteiger partial charge >= 0.3 is 0 Å². The summed E-state index contributed by atoms with van der Waals surface area (Å²) in [7, 11) is 1.67. The van der Waals surface area contributed by atoms with Crippen LogP contribution in [0.2, 0.25) is 0 Å². The molecule has 1 saturated carbocycles. The standard InChI is InChI=1S/C17H30N4O2/c1-18-15(22)11-21-8-5-14(6-9-21)20-16(23)17-7-3-2-4-13(17)10-19-12-17/h13-14,19H,2-12H2,1H3,(H,18,22)(H,20,23)/t13-,17+/m0/s1. The van der Waals surface area contributed by atoms with Crippen molar-refractivity contribution in [2.75, 3.05) is 39.8 Å². The van der Waals surface area contributed by atoms with Crippen LogP contribution in [0.5, 0.6) is 0 Å². The Morgan fingerprint density at radius 3 is 2.74 bits per heavy atom. The van der Waals surface area contributed by atoms with Crippen molar-refractivity contribution in [2.45, 2.75) is 44.6 Å². The van der Waals surface area contributed by atoms with Crippen LogP contribution in [-0.4, -0.2) is 62.5 Å². The topological polar surface area (TPSA) is 73.5 Å². The summed E-state index contributed by atoms with van der Waals surface area (Å²) in [4.78, 5) is 26.6. The lowest BCUT2D eigenvalue weighted by Crippen LogP contribution is -2.53. The zero-order valence-corrected chi connectivity index (χ0v) is 14.2. The molecule has 2 aliphatic heterocycles. The summed E-state index contributed by atoms with van der Waals surface area (Å²) < 4.78 is 0.